The molecule has 1 aliphatic rings. The summed E-state index contributed by atoms with van der Waals surface area (Å²) in [7, 11) is 0. The fraction of sp³-hybridized carbons (Fsp3) is 0.273. The van der Waals surface area contributed by atoms with Gasteiger partial charge in [-0.05, 0) is 55.8 Å². The molecule has 0 aromatic heterocycles. The van der Waals surface area contributed by atoms with Gasteiger partial charge in [0.05, 0.1) is 24.2 Å². The summed E-state index contributed by atoms with van der Waals surface area (Å²) in [4.78, 5) is 25.1. The molecule has 0 bridgehead atoms. The summed E-state index contributed by atoms with van der Waals surface area (Å²) in [6.07, 6.45) is 0.587. The van der Waals surface area contributed by atoms with Crippen molar-refractivity contribution in [3.8, 4) is 11.5 Å². The second kappa shape index (κ2) is 9.33. The predicted molar refractivity (Wildman–Crippen MR) is 111 cm³/mol. The highest BCUT2D eigenvalue weighted by Crippen LogP contribution is 2.34. The van der Waals surface area contributed by atoms with Crippen LogP contribution < -0.4 is 4.74 Å². The van der Waals surface area contributed by atoms with Crippen LogP contribution in [0.2, 0.25) is 10.0 Å². The molecule has 1 atom stereocenters. The lowest BCUT2D eigenvalue weighted by Gasteiger charge is -2.25. The monoisotopic (exact) mass is 434 g/mol. The summed E-state index contributed by atoms with van der Waals surface area (Å²) >= 11 is 12.0. The fourth-order valence-corrected chi connectivity index (χ4v) is 3.38. The van der Waals surface area contributed by atoms with Gasteiger partial charge in [0.1, 0.15) is 22.8 Å². The van der Waals surface area contributed by atoms with E-state index in [4.69, 9.17) is 37.4 Å². The summed E-state index contributed by atoms with van der Waals surface area (Å²) in [5.74, 6) is -0.0450. The van der Waals surface area contributed by atoms with Gasteiger partial charge in [-0.1, -0.05) is 30.1 Å². The van der Waals surface area contributed by atoms with E-state index < -0.39 is 5.97 Å². The van der Waals surface area contributed by atoms with Gasteiger partial charge in [0.15, 0.2) is 5.78 Å². The van der Waals surface area contributed by atoms with Crippen LogP contribution in [0.15, 0.2) is 48.0 Å². The van der Waals surface area contributed by atoms with E-state index in [1.807, 2.05) is 6.92 Å². The summed E-state index contributed by atoms with van der Waals surface area (Å²) < 4.78 is 16.6. The SMILES string of the molecule is CCOC(=O)C1=C(c2ccc(Oc3ccc(Cl)cc3Cl)cc2)OCC(CC)C1=O. The summed E-state index contributed by atoms with van der Waals surface area (Å²) in [5.41, 5.74) is 0.546. The Morgan fingerprint density at radius 3 is 2.48 bits per heavy atom. The van der Waals surface area contributed by atoms with E-state index in [-0.39, 0.29) is 36.2 Å². The van der Waals surface area contributed by atoms with Gasteiger partial charge in [-0.15, -0.1) is 0 Å². The van der Waals surface area contributed by atoms with Gasteiger partial charge in [0.25, 0.3) is 0 Å². The van der Waals surface area contributed by atoms with Gasteiger partial charge in [-0.25, -0.2) is 4.79 Å². The second-order valence-corrected chi connectivity index (χ2v) is 7.25. The molecule has 0 aliphatic carbocycles. The number of carbonyl (C=O) groups excluding carboxylic acids is 2. The number of hydrogen-bond donors (Lipinski definition) is 0. The van der Waals surface area contributed by atoms with E-state index in [0.29, 0.717) is 33.5 Å². The average molecular weight is 435 g/mol. The van der Waals surface area contributed by atoms with Crippen molar-refractivity contribution < 1.29 is 23.8 Å². The van der Waals surface area contributed by atoms with Crippen LogP contribution in [0.5, 0.6) is 11.5 Å². The topological polar surface area (TPSA) is 61.8 Å². The first-order valence-electron chi connectivity index (χ1n) is 9.26. The molecule has 0 N–H and O–H groups in total. The zero-order valence-electron chi connectivity index (χ0n) is 16.0. The van der Waals surface area contributed by atoms with E-state index in [2.05, 4.69) is 0 Å². The number of Topliss-reactive ketones (excluding diaryl/α,β-unsaturated/α-hetero) is 1. The van der Waals surface area contributed by atoms with Gasteiger partial charge >= 0.3 is 5.97 Å². The molecule has 1 aliphatic heterocycles. The predicted octanol–water partition coefficient (Wildman–Crippen LogP) is 5.69. The summed E-state index contributed by atoms with van der Waals surface area (Å²) in [5, 5.41) is 0.904. The molecule has 0 saturated heterocycles. The standard InChI is InChI=1S/C22H20Cl2O5/c1-3-13-12-28-21(19(20(13)25)22(26)27-4-2)14-5-8-16(9-6-14)29-18-10-7-15(23)11-17(18)24/h5-11,13H,3-4,12H2,1-2H3. The Morgan fingerprint density at radius 1 is 1.14 bits per heavy atom. The largest absolute Gasteiger partial charge is 0.491 e. The first kappa shape index (κ1) is 21.2. The van der Waals surface area contributed by atoms with Crippen molar-refractivity contribution in [2.75, 3.05) is 13.2 Å². The molecule has 1 heterocycles. The van der Waals surface area contributed by atoms with Gasteiger partial charge in [0.2, 0.25) is 0 Å². The van der Waals surface area contributed by atoms with E-state index in [9.17, 15) is 9.59 Å². The number of rotatable bonds is 6. The Kier molecular flexibility index (Phi) is 6.83. The third-order valence-electron chi connectivity index (χ3n) is 4.48. The maximum atomic E-state index is 12.7. The normalized spacial score (nSPS) is 16.4. The fourth-order valence-electron chi connectivity index (χ4n) is 2.93. The van der Waals surface area contributed by atoms with Crippen molar-refractivity contribution in [1.29, 1.82) is 0 Å². The Bertz CT molecular complexity index is 950. The molecule has 0 fully saturated rings. The van der Waals surface area contributed by atoms with Crippen molar-refractivity contribution >= 4 is 40.7 Å². The third-order valence-corrected chi connectivity index (χ3v) is 5.01. The Labute approximate surface area is 179 Å². The maximum absolute atomic E-state index is 12.7. The van der Waals surface area contributed by atoms with Crippen molar-refractivity contribution in [3.63, 3.8) is 0 Å². The third kappa shape index (κ3) is 4.74. The molecule has 2 aromatic carbocycles. The molecule has 0 amide bonds. The number of hydrogen-bond acceptors (Lipinski definition) is 5. The van der Waals surface area contributed by atoms with Crippen LogP contribution in [0.25, 0.3) is 5.76 Å². The van der Waals surface area contributed by atoms with Crippen molar-refractivity contribution in [2.45, 2.75) is 20.3 Å². The van der Waals surface area contributed by atoms with E-state index in [1.54, 1.807) is 49.4 Å². The first-order chi connectivity index (χ1) is 13.9. The van der Waals surface area contributed by atoms with E-state index >= 15 is 0 Å². The lowest BCUT2D eigenvalue weighted by molar-refractivity contribution is -0.141. The number of halogens is 2. The van der Waals surface area contributed by atoms with Gasteiger partial charge < -0.3 is 14.2 Å². The minimum Gasteiger partial charge on any atom is -0.491 e. The van der Waals surface area contributed by atoms with Crippen molar-refractivity contribution in [2.24, 2.45) is 5.92 Å². The lowest BCUT2D eigenvalue weighted by Crippen LogP contribution is -2.31. The van der Waals surface area contributed by atoms with Crippen LogP contribution in [0.3, 0.4) is 0 Å². The Hall–Kier alpha value is -2.50. The van der Waals surface area contributed by atoms with Crippen LogP contribution in [-0.4, -0.2) is 25.0 Å². The van der Waals surface area contributed by atoms with Crippen molar-refractivity contribution in [1.82, 2.24) is 0 Å². The number of ether oxygens (including phenoxy) is 3. The molecule has 152 valence electrons. The molecule has 2 aromatic rings. The van der Waals surface area contributed by atoms with Crippen LogP contribution in [-0.2, 0) is 19.1 Å². The molecule has 29 heavy (non-hydrogen) atoms. The van der Waals surface area contributed by atoms with Gasteiger partial charge in [-0.3, -0.25) is 4.79 Å². The number of benzene rings is 2. The second-order valence-electron chi connectivity index (χ2n) is 6.41. The molecule has 5 nitrogen and oxygen atoms in total. The average Bonchev–Trinajstić information content (AvgIpc) is 2.70. The zero-order valence-corrected chi connectivity index (χ0v) is 17.5. The highest BCUT2D eigenvalue weighted by Gasteiger charge is 2.35. The van der Waals surface area contributed by atoms with E-state index in [1.165, 1.54) is 0 Å². The molecule has 7 heteroatoms. The molecule has 0 spiro atoms. The van der Waals surface area contributed by atoms with Crippen LogP contribution in [0, 0.1) is 5.92 Å². The smallest absolute Gasteiger partial charge is 0.345 e. The lowest BCUT2D eigenvalue weighted by atomic mass is 9.91. The molecular formula is C22H20Cl2O5. The Morgan fingerprint density at radius 2 is 1.86 bits per heavy atom. The first-order valence-corrected chi connectivity index (χ1v) is 10.0. The molecular weight excluding hydrogens is 415 g/mol. The minimum absolute atomic E-state index is 0.0423. The quantitative estimate of drug-likeness (QED) is 0.431. The van der Waals surface area contributed by atoms with Crippen LogP contribution >= 0.6 is 23.2 Å². The Balaban J connectivity index is 1.90. The van der Waals surface area contributed by atoms with Gasteiger partial charge in [0, 0.05) is 10.6 Å². The van der Waals surface area contributed by atoms with Crippen molar-refractivity contribution in [3.05, 3.63) is 63.6 Å². The molecule has 1 unspecified atom stereocenters. The summed E-state index contributed by atoms with van der Waals surface area (Å²) in [6, 6.07) is 11.8. The van der Waals surface area contributed by atoms with Crippen LogP contribution in [0.4, 0.5) is 0 Å². The molecule has 0 saturated carbocycles. The summed E-state index contributed by atoms with van der Waals surface area (Å²) in [6.45, 7) is 3.98. The van der Waals surface area contributed by atoms with Crippen LogP contribution in [0.1, 0.15) is 25.8 Å². The van der Waals surface area contributed by atoms with E-state index in [0.717, 1.165) is 0 Å². The van der Waals surface area contributed by atoms with Gasteiger partial charge in [-0.2, -0.15) is 0 Å². The highest BCUT2D eigenvalue weighted by molar-refractivity contribution is 6.35. The molecule has 0 radical (unpaired) electrons. The highest BCUT2D eigenvalue weighted by atomic mass is 35.5. The minimum atomic E-state index is -0.668. The maximum Gasteiger partial charge on any atom is 0.345 e. The number of esters is 1. The number of carbonyl (C=O) groups is 2. The zero-order chi connectivity index (χ0) is 21.0. The number of ketones is 1. The molecule has 3 rings (SSSR count).